The summed E-state index contributed by atoms with van der Waals surface area (Å²) in [4.78, 5) is 0. The van der Waals surface area contributed by atoms with Crippen LogP contribution in [0.4, 0.5) is 0 Å². The second-order valence-corrected chi connectivity index (χ2v) is 28.8. The van der Waals surface area contributed by atoms with Crippen LogP contribution in [0.2, 0.25) is 10.5 Å². The van der Waals surface area contributed by atoms with Crippen molar-refractivity contribution < 1.29 is 24.3 Å². The average Bonchev–Trinajstić information content (AvgIpc) is 3.44. The van der Waals surface area contributed by atoms with E-state index in [4.69, 9.17) is 10.2 Å². The van der Waals surface area contributed by atoms with E-state index in [1.54, 1.807) is 18.9 Å². The molecule has 34 heavy (non-hydrogen) atoms. The molecule has 2 aliphatic rings. The van der Waals surface area contributed by atoms with Gasteiger partial charge in [-0.1, -0.05) is 0 Å². The van der Waals surface area contributed by atoms with Gasteiger partial charge >= 0.3 is 182 Å². The van der Waals surface area contributed by atoms with Crippen LogP contribution in [0, 0.1) is 0 Å². The van der Waals surface area contributed by atoms with Crippen molar-refractivity contribution in [1.82, 2.24) is 0 Å². The molecule has 0 unspecified atom stereocenters. The molecule has 4 heteroatoms. The average molecular weight is 503 g/mol. The zero-order valence-corrected chi connectivity index (χ0v) is 23.6. The van der Waals surface area contributed by atoms with Crippen molar-refractivity contribution in [2.45, 2.75) is 23.3 Å². The monoisotopic (exact) mass is 502 g/mol. The molecule has 0 fully saturated rings. The number of hydrogen-bond donors (Lipinski definition) is 2. The second-order valence-electron chi connectivity index (χ2n) is 10.0. The Labute approximate surface area is 205 Å². The van der Waals surface area contributed by atoms with E-state index in [1.165, 1.54) is 33.4 Å². The van der Waals surface area contributed by atoms with Gasteiger partial charge in [-0.3, -0.25) is 0 Å². The van der Waals surface area contributed by atoms with E-state index in [9.17, 15) is 0 Å². The van der Waals surface area contributed by atoms with Crippen LogP contribution >= 0.6 is 0 Å². The van der Waals surface area contributed by atoms with E-state index in [2.05, 4.69) is 103 Å². The summed E-state index contributed by atoms with van der Waals surface area (Å²) in [5, 5.41) is 19.3. The van der Waals surface area contributed by atoms with Gasteiger partial charge in [-0.25, -0.2) is 0 Å². The number of aliphatic hydroxyl groups excluding tert-OH is 2. The van der Waals surface area contributed by atoms with Gasteiger partial charge in [0.05, 0.1) is 0 Å². The van der Waals surface area contributed by atoms with Crippen LogP contribution in [-0.4, -0.2) is 32.1 Å². The van der Waals surface area contributed by atoms with Crippen LogP contribution in [0.25, 0.3) is 22.3 Å². The molecule has 2 N–H and O–H groups in total. The summed E-state index contributed by atoms with van der Waals surface area (Å²) in [6, 6.07) is 32.1. The van der Waals surface area contributed by atoms with Crippen molar-refractivity contribution in [2.24, 2.45) is 0 Å². The molecule has 0 heterocycles. The SMILES string of the molecule is CO.CO.[CH3][Ti]([CH3])(=[SiH2])([c]1cccc2c1Cc1ccccc1-2)[c]1cccc2c1Cc1ccccc1-2. The van der Waals surface area contributed by atoms with Crippen molar-refractivity contribution >= 4 is 15.4 Å². The first-order valence-corrected chi connectivity index (χ1v) is 20.5. The van der Waals surface area contributed by atoms with Crippen LogP contribution in [-0.2, 0) is 26.9 Å². The molecule has 0 spiro atoms. The van der Waals surface area contributed by atoms with Crippen LogP contribution in [0.15, 0.2) is 84.9 Å². The Kier molecular flexibility index (Phi) is 6.88. The minimum atomic E-state index is -3.18. The number of aliphatic hydroxyl groups is 2. The van der Waals surface area contributed by atoms with E-state index in [1.807, 2.05) is 0 Å². The standard InChI is InChI=1S/2C13H9.2CH4O.2CH3.H2Si.Ti/c2*1-3-7-12-10(5-1)9-11-6-2-4-8-13(11)12;2*1-2;;;;/h2*1-5,7-8H,9H2;2*2H,1H3;2*1H3;1H2;. The summed E-state index contributed by atoms with van der Waals surface area (Å²) in [5.41, 5.74) is 11.9. The van der Waals surface area contributed by atoms with Crippen molar-refractivity contribution in [2.75, 3.05) is 14.2 Å². The fraction of sp³-hybridized carbons (Fsp3) is 0.200. The van der Waals surface area contributed by atoms with E-state index in [0.29, 0.717) is 0 Å². The number of hydrogen-bond acceptors (Lipinski definition) is 2. The molecule has 0 amide bonds. The predicted molar refractivity (Wildman–Crippen MR) is 145 cm³/mol. The second kappa shape index (κ2) is 9.41. The molecular weight excluding hydrogens is 468 g/mol. The van der Waals surface area contributed by atoms with E-state index in [0.717, 1.165) is 27.1 Å². The molecule has 2 aliphatic carbocycles. The maximum absolute atomic E-state index is 7.00. The quantitative estimate of drug-likeness (QED) is 0.346. The number of rotatable bonds is 2. The first-order valence-electron chi connectivity index (χ1n) is 11.8. The van der Waals surface area contributed by atoms with E-state index >= 15 is 0 Å². The van der Waals surface area contributed by atoms with Crippen LogP contribution in [0.1, 0.15) is 22.3 Å². The predicted octanol–water partition coefficient (Wildman–Crippen LogP) is 4.33. The molecule has 0 atom stereocenters. The third-order valence-corrected chi connectivity index (χ3v) is 17.4. The molecule has 6 rings (SSSR count). The summed E-state index contributed by atoms with van der Waals surface area (Å²) in [6.45, 7) is 0. The van der Waals surface area contributed by atoms with Crippen molar-refractivity contribution in [3.05, 3.63) is 107 Å². The molecule has 0 aliphatic heterocycles. The van der Waals surface area contributed by atoms with Gasteiger partial charge in [-0.15, -0.1) is 0 Å². The van der Waals surface area contributed by atoms with Gasteiger partial charge in [-0.05, 0) is 0 Å². The third kappa shape index (κ3) is 3.86. The topological polar surface area (TPSA) is 40.5 Å². The summed E-state index contributed by atoms with van der Waals surface area (Å²) in [5.74, 6) is 0. The molecule has 174 valence electrons. The number of fused-ring (bicyclic) bond motifs is 6. The summed E-state index contributed by atoms with van der Waals surface area (Å²) in [7, 11) is 4.34. The Morgan fingerprint density at radius 3 is 1.29 bits per heavy atom. The van der Waals surface area contributed by atoms with Gasteiger partial charge in [-0.2, -0.15) is 0 Å². The van der Waals surface area contributed by atoms with Crippen LogP contribution in [0.3, 0.4) is 0 Å². The molecule has 4 aromatic rings. The fourth-order valence-corrected chi connectivity index (χ4v) is 14.8. The maximum atomic E-state index is 7.00. The molecule has 0 bridgehead atoms. The Morgan fingerprint density at radius 2 is 0.882 bits per heavy atom. The molecule has 0 saturated heterocycles. The van der Waals surface area contributed by atoms with E-state index in [-0.39, 0.29) is 0 Å². The van der Waals surface area contributed by atoms with Gasteiger partial charge < -0.3 is 10.2 Å². The molecular formula is C30H34O2SiTi. The Hall–Kier alpha value is -2.27. The molecule has 0 saturated carbocycles. The van der Waals surface area contributed by atoms with Crippen molar-refractivity contribution in [3.63, 3.8) is 0 Å². The van der Waals surface area contributed by atoms with Gasteiger partial charge in [0.25, 0.3) is 0 Å². The van der Waals surface area contributed by atoms with Gasteiger partial charge in [0.2, 0.25) is 0 Å². The fourth-order valence-electron chi connectivity index (χ4n) is 5.96. The Balaban J connectivity index is 0.000000652. The molecule has 0 radical (unpaired) electrons. The summed E-state index contributed by atoms with van der Waals surface area (Å²) < 4.78 is 3.31. The zero-order valence-electron chi connectivity index (χ0n) is 20.6. The van der Waals surface area contributed by atoms with Crippen LogP contribution in [0.5, 0.6) is 0 Å². The number of benzene rings is 4. The minimum absolute atomic E-state index is 1.00. The molecule has 0 aromatic heterocycles. The normalized spacial score (nSPS) is 12.8. The van der Waals surface area contributed by atoms with Crippen molar-refractivity contribution in [1.29, 1.82) is 0 Å². The Morgan fingerprint density at radius 1 is 0.529 bits per heavy atom. The van der Waals surface area contributed by atoms with Crippen molar-refractivity contribution in [3.8, 4) is 22.3 Å². The summed E-state index contributed by atoms with van der Waals surface area (Å²) in [6.07, 6.45) is 2.16. The molecule has 2 nitrogen and oxygen atoms in total. The van der Waals surface area contributed by atoms with Gasteiger partial charge in [0.1, 0.15) is 0 Å². The molecule has 4 aromatic carbocycles. The van der Waals surface area contributed by atoms with Crippen LogP contribution < -0.4 is 7.74 Å². The van der Waals surface area contributed by atoms with Gasteiger partial charge in [0.15, 0.2) is 0 Å². The first kappa shape index (κ1) is 24.8. The first-order chi connectivity index (χ1) is 16.4. The van der Waals surface area contributed by atoms with Gasteiger partial charge in [0, 0.05) is 14.2 Å². The zero-order chi connectivity index (χ0) is 24.5. The van der Waals surface area contributed by atoms with E-state index < -0.39 is 14.0 Å². The Bertz CT molecular complexity index is 1330. The third-order valence-electron chi connectivity index (χ3n) is 7.43. The summed E-state index contributed by atoms with van der Waals surface area (Å²) >= 11 is -3.18.